The Labute approximate surface area is 114 Å². The zero-order valence-corrected chi connectivity index (χ0v) is 10.8. The van der Waals surface area contributed by atoms with Gasteiger partial charge in [-0.15, -0.1) is 0 Å². The van der Waals surface area contributed by atoms with Crippen LogP contribution < -0.4 is 9.47 Å². The van der Waals surface area contributed by atoms with Gasteiger partial charge in [0.1, 0.15) is 0 Å². The number of nitro benzene ring substituents is 1. The van der Waals surface area contributed by atoms with Crippen LogP contribution in [0.4, 0.5) is 5.69 Å². The Kier molecular flexibility index (Phi) is 3.87. The Hall–Kier alpha value is -2.27. The molecule has 0 unspecified atom stereocenters. The second kappa shape index (κ2) is 5.58. The molecule has 2 aromatic carbocycles. The number of halogens is 1. The van der Waals surface area contributed by atoms with Crippen LogP contribution in [0.25, 0.3) is 0 Å². The Balaban J connectivity index is 2.41. The summed E-state index contributed by atoms with van der Waals surface area (Å²) in [6.07, 6.45) is 0. The van der Waals surface area contributed by atoms with E-state index >= 15 is 0 Å². The van der Waals surface area contributed by atoms with Crippen LogP contribution in [-0.4, -0.2) is 12.0 Å². The summed E-state index contributed by atoms with van der Waals surface area (Å²) in [5.41, 5.74) is -0.196. The third kappa shape index (κ3) is 2.95. The first-order valence-electron chi connectivity index (χ1n) is 5.36. The van der Waals surface area contributed by atoms with E-state index < -0.39 is 4.92 Å². The largest absolute Gasteiger partial charge is 0.493 e. The minimum atomic E-state index is -0.545. The summed E-state index contributed by atoms with van der Waals surface area (Å²) in [6, 6.07) is 11.1. The Bertz CT molecular complexity index is 615. The fourth-order valence-corrected chi connectivity index (χ4v) is 1.71. The van der Waals surface area contributed by atoms with Crippen molar-refractivity contribution in [2.75, 3.05) is 7.11 Å². The number of ether oxygens (including phenoxy) is 2. The highest BCUT2D eigenvalue weighted by atomic mass is 35.5. The van der Waals surface area contributed by atoms with Crippen molar-refractivity contribution in [3.63, 3.8) is 0 Å². The number of rotatable bonds is 4. The highest BCUT2D eigenvalue weighted by Gasteiger charge is 2.17. The maximum Gasteiger partial charge on any atom is 0.313 e. The third-order valence-corrected chi connectivity index (χ3v) is 2.64. The Morgan fingerprint density at radius 3 is 2.42 bits per heavy atom. The molecule has 0 atom stereocenters. The summed E-state index contributed by atoms with van der Waals surface area (Å²) in [7, 11) is 1.50. The lowest BCUT2D eigenvalue weighted by Gasteiger charge is -2.10. The predicted molar refractivity (Wildman–Crippen MR) is 71.2 cm³/mol. The van der Waals surface area contributed by atoms with Gasteiger partial charge in [-0.1, -0.05) is 23.7 Å². The minimum absolute atomic E-state index is 0.110. The van der Waals surface area contributed by atoms with E-state index in [-0.39, 0.29) is 16.5 Å². The van der Waals surface area contributed by atoms with Gasteiger partial charge in [0.2, 0.25) is 5.75 Å². The number of hydrogen-bond acceptors (Lipinski definition) is 4. The number of para-hydroxylation sites is 2. The van der Waals surface area contributed by atoms with E-state index in [1.165, 1.54) is 25.3 Å². The van der Waals surface area contributed by atoms with Gasteiger partial charge >= 0.3 is 5.69 Å². The average molecular weight is 280 g/mol. The predicted octanol–water partition coefficient (Wildman–Crippen LogP) is 4.05. The standard InChI is InChI=1S/C13H10ClNO4/c1-18-12-4-2-3-5-13(12)19-11-7-6-9(14)8-10(11)15(16)17/h2-8H,1H3. The molecule has 2 aromatic rings. The fraction of sp³-hybridized carbons (Fsp3) is 0.0769. The van der Waals surface area contributed by atoms with Crippen molar-refractivity contribution < 1.29 is 14.4 Å². The molecule has 0 aliphatic carbocycles. The molecule has 5 nitrogen and oxygen atoms in total. The van der Waals surface area contributed by atoms with Crippen LogP contribution in [0.2, 0.25) is 5.02 Å². The van der Waals surface area contributed by atoms with Gasteiger partial charge in [-0.25, -0.2) is 0 Å². The van der Waals surface area contributed by atoms with E-state index in [1.54, 1.807) is 24.3 Å². The highest BCUT2D eigenvalue weighted by molar-refractivity contribution is 6.30. The summed E-state index contributed by atoms with van der Waals surface area (Å²) in [5.74, 6) is 1.00. The summed E-state index contributed by atoms with van der Waals surface area (Å²) >= 11 is 5.74. The van der Waals surface area contributed by atoms with Crippen molar-refractivity contribution in [2.45, 2.75) is 0 Å². The van der Waals surface area contributed by atoms with Crippen LogP contribution in [0.1, 0.15) is 0 Å². The van der Waals surface area contributed by atoms with Crippen LogP contribution in [0, 0.1) is 10.1 Å². The normalized spacial score (nSPS) is 10.0. The molecule has 0 saturated heterocycles. The lowest BCUT2D eigenvalue weighted by molar-refractivity contribution is -0.385. The fourth-order valence-electron chi connectivity index (χ4n) is 1.54. The monoisotopic (exact) mass is 279 g/mol. The van der Waals surface area contributed by atoms with Crippen LogP contribution in [0.15, 0.2) is 42.5 Å². The molecule has 0 aromatic heterocycles. The zero-order valence-electron chi connectivity index (χ0n) is 10.00. The maximum atomic E-state index is 11.0. The van der Waals surface area contributed by atoms with Gasteiger partial charge in [-0.2, -0.15) is 0 Å². The highest BCUT2D eigenvalue weighted by Crippen LogP contribution is 2.37. The molecule has 0 heterocycles. The van der Waals surface area contributed by atoms with E-state index in [9.17, 15) is 10.1 Å². The summed E-state index contributed by atoms with van der Waals surface area (Å²) < 4.78 is 10.6. The van der Waals surface area contributed by atoms with E-state index in [1.807, 2.05) is 0 Å². The molecule has 6 heteroatoms. The molecule has 0 bridgehead atoms. The van der Waals surface area contributed by atoms with Gasteiger partial charge in [-0.05, 0) is 24.3 Å². The van der Waals surface area contributed by atoms with Crippen LogP contribution >= 0.6 is 11.6 Å². The first-order valence-corrected chi connectivity index (χ1v) is 5.74. The van der Waals surface area contributed by atoms with E-state index in [2.05, 4.69) is 0 Å². The summed E-state index contributed by atoms with van der Waals surface area (Å²) in [4.78, 5) is 10.4. The molecular weight excluding hydrogens is 270 g/mol. The molecule has 0 fully saturated rings. The van der Waals surface area contributed by atoms with Crippen molar-refractivity contribution in [3.05, 3.63) is 57.6 Å². The van der Waals surface area contributed by atoms with Gasteiger partial charge in [0.25, 0.3) is 0 Å². The molecule has 19 heavy (non-hydrogen) atoms. The van der Waals surface area contributed by atoms with E-state index in [0.717, 1.165) is 0 Å². The van der Waals surface area contributed by atoms with Crippen molar-refractivity contribution >= 4 is 17.3 Å². The molecule has 0 aliphatic heterocycles. The van der Waals surface area contributed by atoms with Crippen molar-refractivity contribution in [1.29, 1.82) is 0 Å². The van der Waals surface area contributed by atoms with Gasteiger partial charge in [-0.3, -0.25) is 10.1 Å². The topological polar surface area (TPSA) is 61.6 Å². The van der Waals surface area contributed by atoms with Crippen LogP contribution in [0.3, 0.4) is 0 Å². The lowest BCUT2D eigenvalue weighted by atomic mass is 10.3. The second-order valence-electron chi connectivity index (χ2n) is 3.62. The zero-order chi connectivity index (χ0) is 13.8. The Morgan fingerprint density at radius 2 is 1.79 bits per heavy atom. The number of hydrogen-bond donors (Lipinski definition) is 0. The van der Waals surface area contributed by atoms with E-state index in [4.69, 9.17) is 21.1 Å². The van der Waals surface area contributed by atoms with Gasteiger partial charge < -0.3 is 9.47 Å². The van der Waals surface area contributed by atoms with Crippen molar-refractivity contribution in [3.8, 4) is 17.2 Å². The van der Waals surface area contributed by atoms with Crippen molar-refractivity contribution in [1.82, 2.24) is 0 Å². The van der Waals surface area contributed by atoms with E-state index in [0.29, 0.717) is 11.5 Å². The molecule has 0 saturated carbocycles. The quantitative estimate of drug-likeness (QED) is 0.626. The summed E-state index contributed by atoms with van der Waals surface area (Å²) in [6.45, 7) is 0. The molecular formula is C13H10ClNO4. The van der Waals surface area contributed by atoms with Crippen molar-refractivity contribution in [2.24, 2.45) is 0 Å². The number of nitrogens with zero attached hydrogens (tertiary/aromatic N) is 1. The molecule has 0 spiro atoms. The molecule has 2 rings (SSSR count). The second-order valence-corrected chi connectivity index (χ2v) is 4.06. The molecule has 0 amide bonds. The number of methoxy groups -OCH3 is 1. The molecule has 98 valence electrons. The first kappa shape index (κ1) is 13.2. The number of nitro groups is 1. The number of benzene rings is 2. The lowest BCUT2D eigenvalue weighted by Crippen LogP contribution is -1.95. The smallest absolute Gasteiger partial charge is 0.313 e. The van der Waals surface area contributed by atoms with Crippen LogP contribution in [-0.2, 0) is 0 Å². The molecule has 0 radical (unpaired) electrons. The third-order valence-electron chi connectivity index (χ3n) is 2.41. The Morgan fingerprint density at radius 1 is 1.11 bits per heavy atom. The molecule has 0 aliphatic rings. The first-order chi connectivity index (χ1) is 9.11. The minimum Gasteiger partial charge on any atom is -0.493 e. The SMILES string of the molecule is COc1ccccc1Oc1ccc(Cl)cc1[N+](=O)[O-]. The molecule has 0 N–H and O–H groups in total. The summed E-state index contributed by atoms with van der Waals surface area (Å²) in [5, 5.41) is 11.2. The van der Waals surface area contributed by atoms with Gasteiger partial charge in [0.05, 0.1) is 12.0 Å². The van der Waals surface area contributed by atoms with Crippen LogP contribution in [0.5, 0.6) is 17.2 Å². The average Bonchev–Trinajstić information content (AvgIpc) is 2.41. The van der Waals surface area contributed by atoms with Gasteiger partial charge in [0.15, 0.2) is 11.5 Å². The van der Waals surface area contributed by atoms with Gasteiger partial charge in [0, 0.05) is 11.1 Å². The maximum absolute atomic E-state index is 11.0.